The van der Waals surface area contributed by atoms with E-state index in [2.05, 4.69) is 46.3 Å². The normalized spacial score (nSPS) is 16.1. The van der Waals surface area contributed by atoms with E-state index in [-0.39, 0.29) is 12.4 Å². The Morgan fingerprint density at radius 1 is 1.20 bits per heavy atom. The molecular formula is C15H19ClN4. The van der Waals surface area contributed by atoms with Gasteiger partial charge in [0.25, 0.3) is 0 Å². The number of fused-ring (bicyclic) bond motifs is 1. The molecule has 0 amide bonds. The number of benzene rings is 1. The minimum Gasteiger partial charge on any atom is -0.367 e. The van der Waals surface area contributed by atoms with Crippen molar-refractivity contribution < 1.29 is 0 Å². The van der Waals surface area contributed by atoms with Crippen LogP contribution < -0.4 is 10.2 Å². The van der Waals surface area contributed by atoms with Crippen molar-refractivity contribution in [2.24, 2.45) is 0 Å². The summed E-state index contributed by atoms with van der Waals surface area (Å²) < 4.78 is 0. The predicted molar refractivity (Wildman–Crippen MR) is 85.3 cm³/mol. The summed E-state index contributed by atoms with van der Waals surface area (Å²) in [5.41, 5.74) is 2.35. The van der Waals surface area contributed by atoms with Crippen molar-refractivity contribution in [3.05, 3.63) is 41.7 Å². The minimum atomic E-state index is 0. The largest absolute Gasteiger partial charge is 0.367 e. The predicted octanol–water partition coefficient (Wildman–Crippen LogP) is 3.33. The van der Waals surface area contributed by atoms with Crippen LogP contribution in [0, 0.1) is 6.92 Å². The van der Waals surface area contributed by atoms with Crippen LogP contribution in [-0.2, 0) is 6.42 Å². The van der Waals surface area contributed by atoms with Crippen molar-refractivity contribution >= 4 is 29.7 Å². The fourth-order valence-electron chi connectivity index (χ4n) is 2.53. The average molecular weight is 291 g/mol. The van der Waals surface area contributed by atoms with Gasteiger partial charge in [-0.1, -0.05) is 18.2 Å². The zero-order chi connectivity index (χ0) is 13.4. The summed E-state index contributed by atoms with van der Waals surface area (Å²) in [5.74, 6) is 2.79. The van der Waals surface area contributed by atoms with E-state index in [4.69, 9.17) is 0 Å². The Labute approximate surface area is 125 Å². The molecule has 0 saturated heterocycles. The van der Waals surface area contributed by atoms with Gasteiger partial charge in [0.15, 0.2) is 0 Å². The number of nitrogens with one attached hydrogen (secondary N) is 1. The second kappa shape index (κ2) is 5.67. The number of nitrogens with zero attached hydrogens (tertiary/aromatic N) is 3. The summed E-state index contributed by atoms with van der Waals surface area (Å²) in [4.78, 5) is 11.3. The van der Waals surface area contributed by atoms with Crippen molar-refractivity contribution in [3.63, 3.8) is 0 Å². The number of anilines is 3. The Hall–Kier alpha value is -1.81. The van der Waals surface area contributed by atoms with Crippen LogP contribution in [0.2, 0.25) is 0 Å². The van der Waals surface area contributed by atoms with E-state index in [0.29, 0.717) is 6.04 Å². The minimum absolute atomic E-state index is 0. The number of hydrogen-bond acceptors (Lipinski definition) is 4. The van der Waals surface area contributed by atoms with Gasteiger partial charge < -0.3 is 10.2 Å². The molecule has 0 saturated carbocycles. The van der Waals surface area contributed by atoms with Gasteiger partial charge in [-0.3, -0.25) is 0 Å². The van der Waals surface area contributed by atoms with Gasteiger partial charge in [-0.2, -0.15) is 0 Å². The van der Waals surface area contributed by atoms with Crippen molar-refractivity contribution in [2.45, 2.75) is 26.3 Å². The highest BCUT2D eigenvalue weighted by molar-refractivity contribution is 5.85. The van der Waals surface area contributed by atoms with Gasteiger partial charge in [-0.15, -0.1) is 12.4 Å². The number of rotatable bonds is 2. The first-order valence-corrected chi connectivity index (χ1v) is 6.58. The van der Waals surface area contributed by atoms with E-state index >= 15 is 0 Å². The number of aromatic nitrogens is 2. The van der Waals surface area contributed by atoms with E-state index in [9.17, 15) is 0 Å². The van der Waals surface area contributed by atoms with Gasteiger partial charge in [0, 0.05) is 24.3 Å². The monoisotopic (exact) mass is 290 g/mol. The van der Waals surface area contributed by atoms with Crippen LogP contribution in [0.3, 0.4) is 0 Å². The first kappa shape index (κ1) is 14.6. The Bertz CT molecular complexity index is 600. The summed E-state index contributed by atoms with van der Waals surface area (Å²) >= 11 is 0. The average Bonchev–Trinajstić information content (AvgIpc) is 2.78. The molecule has 1 aliphatic heterocycles. The lowest BCUT2D eigenvalue weighted by atomic mass is 10.1. The highest BCUT2D eigenvalue weighted by atomic mass is 35.5. The van der Waals surface area contributed by atoms with E-state index in [1.807, 2.05) is 25.1 Å². The maximum Gasteiger partial charge on any atom is 0.141 e. The number of aryl methyl sites for hydroxylation is 1. The Balaban J connectivity index is 0.00000147. The Morgan fingerprint density at radius 2 is 1.90 bits per heavy atom. The van der Waals surface area contributed by atoms with Crippen LogP contribution in [-0.4, -0.2) is 23.1 Å². The Morgan fingerprint density at radius 3 is 2.60 bits per heavy atom. The smallest absolute Gasteiger partial charge is 0.141 e. The zero-order valence-corrected chi connectivity index (χ0v) is 12.7. The lowest BCUT2D eigenvalue weighted by molar-refractivity contribution is 0.835. The van der Waals surface area contributed by atoms with Crippen molar-refractivity contribution in [3.8, 4) is 0 Å². The Kier molecular flexibility index (Phi) is 4.14. The third-order valence-electron chi connectivity index (χ3n) is 3.45. The number of para-hydroxylation sites is 1. The molecule has 1 unspecified atom stereocenters. The summed E-state index contributed by atoms with van der Waals surface area (Å²) in [6.45, 7) is 4.11. The lowest BCUT2D eigenvalue weighted by Crippen LogP contribution is -2.14. The molecule has 0 bridgehead atoms. The maximum absolute atomic E-state index is 4.63. The molecule has 2 heterocycles. The zero-order valence-electron chi connectivity index (χ0n) is 11.9. The summed E-state index contributed by atoms with van der Waals surface area (Å²) in [5, 5.41) is 3.41. The van der Waals surface area contributed by atoms with Gasteiger partial charge >= 0.3 is 0 Å². The van der Waals surface area contributed by atoms with E-state index in [1.54, 1.807) is 0 Å². The second-order valence-corrected chi connectivity index (χ2v) is 5.07. The molecule has 0 radical (unpaired) electrons. The molecule has 1 atom stereocenters. The highest BCUT2D eigenvalue weighted by Gasteiger charge is 2.25. The summed E-state index contributed by atoms with van der Waals surface area (Å²) in [7, 11) is 2.06. The first-order chi connectivity index (χ1) is 9.15. The quantitative estimate of drug-likeness (QED) is 0.921. The molecule has 0 aliphatic carbocycles. The van der Waals surface area contributed by atoms with Crippen molar-refractivity contribution in [2.75, 3.05) is 17.3 Å². The van der Waals surface area contributed by atoms with Gasteiger partial charge in [0.2, 0.25) is 0 Å². The number of hydrogen-bond donors (Lipinski definition) is 1. The molecule has 1 aliphatic rings. The molecule has 0 fully saturated rings. The summed E-state index contributed by atoms with van der Waals surface area (Å²) in [6, 6.07) is 10.7. The van der Waals surface area contributed by atoms with E-state index < -0.39 is 0 Å². The molecular weight excluding hydrogens is 272 g/mol. The molecule has 106 valence electrons. The molecule has 2 aromatic rings. The highest BCUT2D eigenvalue weighted by Crippen LogP contribution is 2.33. The van der Waals surface area contributed by atoms with E-state index in [0.717, 1.165) is 29.6 Å². The number of halogens is 1. The molecule has 5 heteroatoms. The molecule has 3 rings (SSSR count). The topological polar surface area (TPSA) is 41.1 Å². The third-order valence-corrected chi connectivity index (χ3v) is 3.45. The van der Waals surface area contributed by atoms with Gasteiger partial charge in [-0.25, -0.2) is 9.97 Å². The molecule has 1 aromatic carbocycles. The van der Waals surface area contributed by atoms with Crippen LogP contribution in [0.25, 0.3) is 0 Å². The lowest BCUT2D eigenvalue weighted by Gasteiger charge is -2.21. The fraction of sp³-hybridized carbons (Fsp3) is 0.333. The first-order valence-electron chi connectivity index (χ1n) is 6.58. The maximum atomic E-state index is 4.63. The van der Waals surface area contributed by atoms with E-state index in [1.165, 1.54) is 5.56 Å². The molecule has 4 nitrogen and oxygen atoms in total. The SMILES string of the molecule is Cc1nc2c(c(N(C)c3ccccc3)n1)CC(C)N2.Cl. The molecule has 1 N–H and O–H groups in total. The van der Waals surface area contributed by atoms with Crippen LogP contribution in [0.15, 0.2) is 30.3 Å². The van der Waals surface area contributed by atoms with Crippen LogP contribution in [0.4, 0.5) is 17.3 Å². The molecule has 1 aromatic heterocycles. The van der Waals surface area contributed by atoms with Crippen LogP contribution >= 0.6 is 12.4 Å². The fourth-order valence-corrected chi connectivity index (χ4v) is 2.53. The van der Waals surface area contributed by atoms with Crippen molar-refractivity contribution in [1.82, 2.24) is 9.97 Å². The van der Waals surface area contributed by atoms with Crippen molar-refractivity contribution in [1.29, 1.82) is 0 Å². The van der Waals surface area contributed by atoms with Gasteiger partial charge in [-0.05, 0) is 32.4 Å². The third kappa shape index (κ3) is 2.56. The van der Waals surface area contributed by atoms with Crippen LogP contribution in [0.5, 0.6) is 0 Å². The molecule has 0 spiro atoms. The van der Waals surface area contributed by atoms with Crippen LogP contribution in [0.1, 0.15) is 18.3 Å². The van der Waals surface area contributed by atoms with Gasteiger partial charge in [0.05, 0.1) is 0 Å². The standard InChI is InChI=1S/C15H18N4.ClH/c1-10-9-13-14(16-10)17-11(2)18-15(13)19(3)12-7-5-4-6-8-12;/h4-8,10H,9H2,1-3H3,(H,16,17,18);1H. The summed E-state index contributed by atoms with van der Waals surface area (Å²) in [6.07, 6.45) is 0.974. The molecule has 20 heavy (non-hydrogen) atoms. The second-order valence-electron chi connectivity index (χ2n) is 5.07. The van der Waals surface area contributed by atoms with Gasteiger partial charge in [0.1, 0.15) is 17.5 Å².